The molecule has 1 heterocycles. The van der Waals surface area contributed by atoms with E-state index in [0.717, 1.165) is 17.0 Å². The van der Waals surface area contributed by atoms with Gasteiger partial charge in [-0.1, -0.05) is 33.6 Å². The van der Waals surface area contributed by atoms with E-state index < -0.39 is 0 Å². The molecular weight excluding hydrogens is 335 g/mol. The lowest BCUT2D eigenvalue weighted by molar-refractivity contribution is 0.280. The van der Waals surface area contributed by atoms with Gasteiger partial charge in [0.1, 0.15) is 6.61 Å². The highest BCUT2D eigenvalue weighted by molar-refractivity contribution is 9.08. The van der Waals surface area contributed by atoms with Crippen LogP contribution in [-0.2, 0) is 19.0 Å². The molecule has 0 aliphatic carbocycles. The van der Waals surface area contributed by atoms with Crippen LogP contribution in [0.2, 0.25) is 5.02 Å². The minimum absolute atomic E-state index is 0.181. The van der Waals surface area contributed by atoms with Crippen LogP contribution in [0.5, 0.6) is 5.75 Å². The summed E-state index contributed by atoms with van der Waals surface area (Å²) in [5.41, 5.74) is 2.32. The highest BCUT2D eigenvalue weighted by atomic mass is 79.9. The standard InChI is InChI=1S/C13H13BrClFN2O/c1-8-13(15)11(18(2)17-8)7-19-12-4-3-9(6-14)5-10(12)16/h3-5H,6-7H2,1-2H3. The first-order valence-corrected chi connectivity index (χ1v) is 7.18. The summed E-state index contributed by atoms with van der Waals surface area (Å²) < 4.78 is 20.8. The van der Waals surface area contributed by atoms with Crippen molar-refractivity contribution in [2.45, 2.75) is 18.9 Å². The van der Waals surface area contributed by atoms with Gasteiger partial charge in [0.05, 0.1) is 16.4 Å². The van der Waals surface area contributed by atoms with Crippen molar-refractivity contribution >= 4 is 27.5 Å². The number of rotatable bonds is 4. The molecule has 2 aromatic rings. The van der Waals surface area contributed by atoms with Gasteiger partial charge >= 0.3 is 0 Å². The fraction of sp³-hybridized carbons (Fsp3) is 0.308. The van der Waals surface area contributed by atoms with Crippen LogP contribution in [0.3, 0.4) is 0 Å². The van der Waals surface area contributed by atoms with E-state index >= 15 is 0 Å². The number of hydrogen-bond acceptors (Lipinski definition) is 2. The number of benzene rings is 1. The van der Waals surface area contributed by atoms with E-state index in [-0.39, 0.29) is 18.2 Å². The van der Waals surface area contributed by atoms with E-state index in [0.29, 0.717) is 10.4 Å². The van der Waals surface area contributed by atoms with Crippen molar-refractivity contribution in [1.82, 2.24) is 9.78 Å². The third-order valence-electron chi connectivity index (χ3n) is 2.78. The first kappa shape index (κ1) is 14.3. The van der Waals surface area contributed by atoms with E-state index in [4.69, 9.17) is 16.3 Å². The molecule has 0 radical (unpaired) electrons. The second kappa shape index (κ2) is 5.92. The van der Waals surface area contributed by atoms with Gasteiger partial charge in [0.2, 0.25) is 0 Å². The van der Waals surface area contributed by atoms with Gasteiger partial charge in [0.15, 0.2) is 11.6 Å². The third kappa shape index (κ3) is 3.09. The predicted octanol–water partition coefficient (Wildman–Crippen LogP) is 3.99. The van der Waals surface area contributed by atoms with Gasteiger partial charge in [-0.2, -0.15) is 5.10 Å². The minimum Gasteiger partial charge on any atom is -0.484 e. The van der Waals surface area contributed by atoms with Crippen LogP contribution < -0.4 is 4.74 Å². The Morgan fingerprint density at radius 3 is 2.74 bits per heavy atom. The van der Waals surface area contributed by atoms with E-state index in [9.17, 15) is 4.39 Å². The van der Waals surface area contributed by atoms with E-state index in [1.807, 2.05) is 13.0 Å². The zero-order valence-electron chi connectivity index (χ0n) is 10.6. The van der Waals surface area contributed by atoms with Crippen LogP contribution in [0, 0.1) is 12.7 Å². The number of aromatic nitrogens is 2. The normalized spacial score (nSPS) is 10.8. The fourth-order valence-corrected chi connectivity index (χ4v) is 2.29. The molecule has 0 N–H and O–H groups in total. The lowest BCUT2D eigenvalue weighted by Gasteiger charge is -2.08. The Kier molecular flexibility index (Phi) is 4.47. The summed E-state index contributed by atoms with van der Waals surface area (Å²) in [5.74, 6) is -0.174. The van der Waals surface area contributed by atoms with Gasteiger partial charge in [-0.05, 0) is 24.6 Å². The molecule has 19 heavy (non-hydrogen) atoms. The highest BCUT2D eigenvalue weighted by Crippen LogP contribution is 2.24. The number of alkyl halides is 1. The molecule has 0 saturated heterocycles. The maximum Gasteiger partial charge on any atom is 0.165 e. The van der Waals surface area contributed by atoms with Crippen LogP contribution in [-0.4, -0.2) is 9.78 Å². The van der Waals surface area contributed by atoms with E-state index in [2.05, 4.69) is 21.0 Å². The SMILES string of the molecule is Cc1nn(C)c(COc2ccc(CBr)cc2F)c1Cl. The Bertz CT molecular complexity index is 601. The number of ether oxygens (including phenoxy) is 1. The highest BCUT2D eigenvalue weighted by Gasteiger charge is 2.13. The number of halogens is 3. The van der Waals surface area contributed by atoms with Crippen molar-refractivity contribution in [3.05, 3.63) is 46.0 Å². The van der Waals surface area contributed by atoms with Gasteiger partial charge in [-0.15, -0.1) is 0 Å². The molecule has 6 heteroatoms. The monoisotopic (exact) mass is 346 g/mol. The minimum atomic E-state index is -0.382. The molecule has 0 fully saturated rings. The van der Waals surface area contributed by atoms with Crippen molar-refractivity contribution in [1.29, 1.82) is 0 Å². The molecule has 102 valence electrons. The van der Waals surface area contributed by atoms with Crippen LogP contribution >= 0.6 is 27.5 Å². The number of hydrogen-bond donors (Lipinski definition) is 0. The Balaban J connectivity index is 2.14. The summed E-state index contributed by atoms with van der Waals surface area (Å²) >= 11 is 9.38. The Morgan fingerprint density at radius 1 is 1.47 bits per heavy atom. The third-order valence-corrected chi connectivity index (χ3v) is 3.92. The zero-order chi connectivity index (χ0) is 14.0. The summed E-state index contributed by atoms with van der Waals surface area (Å²) in [7, 11) is 1.78. The molecule has 0 amide bonds. The maximum absolute atomic E-state index is 13.7. The predicted molar refractivity (Wildman–Crippen MR) is 76.3 cm³/mol. The van der Waals surface area contributed by atoms with E-state index in [1.165, 1.54) is 6.07 Å². The first-order valence-electron chi connectivity index (χ1n) is 5.68. The molecule has 2 rings (SSSR count). The smallest absolute Gasteiger partial charge is 0.165 e. The van der Waals surface area contributed by atoms with Crippen molar-refractivity contribution in [2.24, 2.45) is 7.05 Å². The summed E-state index contributed by atoms with van der Waals surface area (Å²) in [5, 5.41) is 5.34. The summed E-state index contributed by atoms with van der Waals surface area (Å²) in [6.45, 7) is 2.00. The summed E-state index contributed by atoms with van der Waals surface area (Å²) in [4.78, 5) is 0. The molecule has 1 aromatic carbocycles. The van der Waals surface area contributed by atoms with Gasteiger partial charge in [-0.25, -0.2) is 4.39 Å². The second-order valence-electron chi connectivity index (χ2n) is 4.16. The van der Waals surface area contributed by atoms with E-state index in [1.54, 1.807) is 17.8 Å². The first-order chi connectivity index (χ1) is 9.02. The molecule has 0 spiro atoms. The molecular formula is C13H13BrClFN2O. The molecule has 0 saturated carbocycles. The Hall–Kier alpha value is -1.07. The topological polar surface area (TPSA) is 27.1 Å². The lowest BCUT2D eigenvalue weighted by Crippen LogP contribution is -2.04. The largest absolute Gasteiger partial charge is 0.484 e. The summed E-state index contributed by atoms with van der Waals surface area (Å²) in [6, 6.07) is 4.87. The average molecular weight is 348 g/mol. The molecule has 0 bridgehead atoms. The Labute approximate surface area is 124 Å². The number of nitrogens with zero attached hydrogens (tertiary/aromatic N) is 2. The molecule has 1 aromatic heterocycles. The van der Waals surface area contributed by atoms with Crippen LogP contribution in [0.1, 0.15) is 17.0 Å². The summed E-state index contributed by atoms with van der Waals surface area (Å²) in [6.07, 6.45) is 0. The molecule has 0 unspecified atom stereocenters. The maximum atomic E-state index is 13.7. The second-order valence-corrected chi connectivity index (χ2v) is 5.10. The van der Waals surface area contributed by atoms with Crippen LogP contribution in [0.25, 0.3) is 0 Å². The van der Waals surface area contributed by atoms with Crippen LogP contribution in [0.15, 0.2) is 18.2 Å². The quantitative estimate of drug-likeness (QED) is 0.782. The van der Waals surface area contributed by atoms with Crippen LogP contribution in [0.4, 0.5) is 4.39 Å². The number of aryl methyl sites for hydroxylation is 2. The van der Waals surface area contributed by atoms with Crippen molar-refractivity contribution in [2.75, 3.05) is 0 Å². The van der Waals surface area contributed by atoms with Gasteiger partial charge in [-0.3, -0.25) is 4.68 Å². The van der Waals surface area contributed by atoms with Gasteiger partial charge < -0.3 is 4.74 Å². The fourth-order valence-electron chi connectivity index (χ4n) is 1.73. The zero-order valence-corrected chi connectivity index (χ0v) is 12.9. The Morgan fingerprint density at radius 2 is 2.21 bits per heavy atom. The lowest BCUT2D eigenvalue weighted by atomic mass is 10.2. The van der Waals surface area contributed by atoms with Crippen molar-refractivity contribution < 1.29 is 9.13 Å². The molecule has 0 atom stereocenters. The van der Waals surface area contributed by atoms with Gasteiger partial charge in [0, 0.05) is 12.4 Å². The van der Waals surface area contributed by atoms with Crippen molar-refractivity contribution in [3.8, 4) is 5.75 Å². The molecule has 0 aliphatic heterocycles. The molecule has 0 aliphatic rings. The van der Waals surface area contributed by atoms with Crippen molar-refractivity contribution in [3.63, 3.8) is 0 Å². The van der Waals surface area contributed by atoms with Gasteiger partial charge in [0.25, 0.3) is 0 Å². The average Bonchev–Trinajstić information content (AvgIpc) is 2.62. The molecule has 3 nitrogen and oxygen atoms in total.